The van der Waals surface area contributed by atoms with E-state index < -0.39 is 0 Å². The number of hydrogen-bond donors (Lipinski definition) is 2. The summed E-state index contributed by atoms with van der Waals surface area (Å²) in [6, 6.07) is 5.52. The first-order valence-corrected chi connectivity index (χ1v) is 6.29. The first-order valence-electron chi connectivity index (χ1n) is 6.29. The molecule has 19 heavy (non-hydrogen) atoms. The SMILES string of the molecule is O=C(Cc1ccc2[nH]c(=O)[nH]c2c1)N1CCOCC1. The van der Waals surface area contributed by atoms with Crippen LogP contribution >= 0.6 is 0 Å². The molecule has 0 aliphatic carbocycles. The molecule has 1 fully saturated rings. The normalized spacial score (nSPS) is 15.9. The summed E-state index contributed by atoms with van der Waals surface area (Å²) in [4.78, 5) is 30.5. The van der Waals surface area contributed by atoms with Gasteiger partial charge in [-0.15, -0.1) is 0 Å². The number of aromatic amines is 2. The highest BCUT2D eigenvalue weighted by atomic mass is 16.5. The lowest BCUT2D eigenvalue weighted by Gasteiger charge is -2.26. The van der Waals surface area contributed by atoms with Crippen LogP contribution in [0.15, 0.2) is 23.0 Å². The minimum Gasteiger partial charge on any atom is -0.378 e. The Bertz CT molecular complexity index is 652. The van der Waals surface area contributed by atoms with Gasteiger partial charge >= 0.3 is 5.69 Å². The van der Waals surface area contributed by atoms with Gasteiger partial charge in [0, 0.05) is 13.1 Å². The number of morpholine rings is 1. The molecule has 3 rings (SSSR count). The van der Waals surface area contributed by atoms with Crippen molar-refractivity contribution < 1.29 is 9.53 Å². The summed E-state index contributed by atoms with van der Waals surface area (Å²) >= 11 is 0. The van der Waals surface area contributed by atoms with E-state index in [0.717, 1.165) is 16.6 Å². The van der Waals surface area contributed by atoms with E-state index in [9.17, 15) is 9.59 Å². The standard InChI is InChI=1S/C13H15N3O3/c17-12(16-3-5-19-6-4-16)8-9-1-2-10-11(7-9)15-13(18)14-10/h1-2,7H,3-6,8H2,(H2,14,15,18). The third-order valence-corrected chi connectivity index (χ3v) is 3.30. The molecule has 100 valence electrons. The Balaban J connectivity index is 1.76. The Morgan fingerprint density at radius 2 is 1.95 bits per heavy atom. The third-order valence-electron chi connectivity index (χ3n) is 3.30. The second-order valence-corrected chi connectivity index (χ2v) is 4.63. The van der Waals surface area contributed by atoms with Crippen LogP contribution in [0.4, 0.5) is 0 Å². The van der Waals surface area contributed by atoms with Crippen molar-refractivity contribution >= 4 is 16.9 Å². The minimum atomic E-state index is -0.230. The maximum atomic E-state index is 12.1. The summed E-state index contributed by atoms with van der Waals surface area (Å²) < 4.78 is 5.22. The number of nitrogens with zero attached hydrogens (tertiary/aromatic N) is 1. The molecule has 1 aliphatic heterocycles. The molecule has 1 aromatic carbocycles. The number of ether oxygens (including phenoxy) is 1. The molecule has 0 spiro atoms. The maximum absolute atomic E-state index is 12.1. The second-order valence-electron chi connectivity index (χ2n) is 4.63. The Kier molecular flexibility index (Phi) is 3.08. The second kappa shape index (κ2) is 4.89. The van der Waals surface area contributed by atoms with Gasteiger partial charge in [-0.25, -0.2) is 4.79 Å². The first-order chi connectivity index (χ1) is 9.22. The Morgan fingerprint density at radius 1 is 1.21 bits per heavy atom. The van der Waals surface area contributed by atoms with Gasteiger partial charge in [0.15, 0.2) is 0 Å². The highest BCUT2D eigenvalue weighted by Crippen LogP contribution is 2.12. The molecule has 0 unspecified atom stereocenters. The molecule has 0 bridgehead atoms. The summed E-state index contributed by atoms with van der Waals surface area (Å²) in [5.74, 6) is 0.0977. The summed E-state index contributed by atoms with van der Waals surface area (Å²) in [5.41, 5.74) is 2.16. The molecule has 1 aromatic heterocycles. The third kappa shape index (κ3) is 2.53. The molecule has 0 saturated carbocycles. The largest absolute Gasteiger partial charge is 0.378 e. The predicted molar refractivity (Wildman–Crippen MR) is 70.0 cm³/mol. The molecule has 6 heteroatoms. The maximum Gasteiger partial charge on any atom is 0.323 e. The van der Waals surface area contributed by atoms with Gasteiger partial charge in [-0.3, -0.25) is 4.79 Å². The number of hydrogen-bond acceptors (Lipinski definition) is 3. The molecule has 1 saturated heterocycles. The molecule has 2 heterocycles. The average Bonchev–Trinajstić information content (AvgIpc) is 2.79. The smallest absolute Gasteiger partial charge is 0.323 e. The van der Waals surface area contributed by atoms with Crippen molar-refractivity contribution in [2.24, 2.45) is 0 Å². The number of imidazole rings is 1. The summed E-state index contributed by atoms with van der Waals surface area (Å²) in [6.45, 7) is 2.52. The van der Waals surface area contributed by atoms with Crippen molar-refractivity contribution in [2.75, 3.05) is 26.3 Å². The first kappa shape index (κ1) is 12.0. The molecule has 1 amide bonds. The lowest BCUT2D eigenvalue weighted by molar-refractivity contribution is -0.134. The molecule has 1 aliphatic rings. The van der Waals surface area contributed by atoms with E-state index in [-0.39, 0.29) is 11.6 Å². The molecule has 2 N–H and O–H groups in total. The van der Waals surface area contributed by atoms with E-state index in [2.05, 4.69) is 9.97 Å². The number of H-pyrrole nitrogens is 2. The number of carbonyl (C=O) groups excluding carboxylic acids is 1. The Morgan fingerprint density at radius 3 is 2.74 bits per heavy atom. The number of fused-ring (bicyclic) bond motifs is 1. The fraction of sp³-hybridized carbons (Fsp3) is 0.385. The number of benzene rings is 1. The van der Waals surface area contributed by atoms with Crippen molar-refractivity contribution in [3.63, 3.8) is 0 Å². The Labute approximate surface area is 109 Å². The lowest BCUT2D eigenvalue weighted by atomic mass is 10.1. The quantitative estimate of drug-likeness (QED) is 0.814. The summed E-state index contributed by atoms with van der Waals surface area (Å²) in [7, 11) is 0. The van der Waals surface area contributed by atoms with Gasteiger partial charge in [-0.2, -0.15) is 0 Å². The van der Waals surface area contributed by atoms with Crippen LogP contribution in [0.1, 0.15) is 5.56 Å². The highest BCUT2D eigenvalue weighted by Gasteiger charge is 2.17. The number of aromatic nitrogens is 2. The van der Waals surface area contributed by atoms with Crippen molar-refractivity contribution in [3.8, 4) is 0 Å². The van der Waals surface area contributed by atoms with Crippen molar-refractivity contribution in [1.82, 2.24) is 14.9 Å². The highest BCUT2D eigenvalue weighted by molar-refractivity contribution is 5.81. The number of carbonyl (C=O) groups is 1. The van der Waals surface area contributed by atoms with Crippen LogP contribution in [-0.2, 0) is 16.0 Å². The van der Waals surface area contributed by atoms with Gasteiger partial charge in [-0.1, -0.05) is 6.07 Å². The number of nitrogens with one attached hydrogen (secondary N) is 2. The molecular formula is C13H15N3O3. The topological polar surface area (TPSA) is 78.2 Å². The predicted octanol–water partition coefficient (Wildman–Crippen LogP) is 0.257. The van der Waals surface area contributed by atoms with Gasteiger partial charge in [0.05, 0.1) is 30.7 Å². The fourth-order valence-corrected chi connectivity index (χ4v) is 2.29. The van der Waals surface area contributed by atoms with E-state index >= 15 is 0 Å². The fourth-order valence-electron chi connectivity index (χ4n) is 2.29. The summed E-state index contributed by atoms with van der Waals surface area (Å²) in [5, 5.41) is 0. The monoisotopic (exact) mass is 261 g/mol. The van der Waals surface area contributed by atoms with Gasteiger partial charge in [0.2, 0.25) is 5.91 Å². The molecule has 2 aromatic rings. The zero-order chi connectivity index (χ0) is 13.2. The van der Waals surface area contributed by atoms with Crippen LogP contribution in [0, 0.1) is 0 Å². The van der Waals surface area contributed by atoms with Crippen molar-refractivity contribution in [3.05, 3.63) is 34.2 Å². The molecule has 6 nitrogen and oxygen atoms in total. The number of rotatable bonds is 2. The van der Waals surface area contributed by atoms with Gasteiger partial charge in [0.25, 0.3) is 0 Å². The zero-order valence-electron chi connectivity index (χ0n) is 10.4. The van der Waals surface area contributed by atoms with E-state index in [4.69, 9.17) is 4.74 Å². The van der Waals surface area contributed by atoms with Crippen LogP contribution in [-0.4, -0.2) is 47.1 Å². The summed E-state index contributed by atoms with van der Waals surface area (Å²) in [6.07, 6.45) is 0.350. The zero-order valence-corrected chi connectivity index (χ0v) is 10.4. The lowest BCUT2D eigenvalue weighted by Crippen LogP contribution is -2.41. The number of amides is 1. The van der Waals surface area contributed by atoms with Gasteiger partial charge < -0.3 is 19.6 Å². The van der Waals surface area contributed by atoms with Gasteiger partial charge in [0.1, 0.15) is 0 Å². The van der Waals surface area contributed by atoms with Crippen LogP contribution in [0.25, 0.3) is 11.0 Å². The van der Waals surface area contributed by atoms with Crippen LogP contribution < -0.4 is 5.69 Å². The van der Waals surface area contributed by atoms with Crippen LogP contribution in [0.5, 0.6) is 0 Å². The van der Waals surface area contributed by atoms with E-state index in [1.165, 1.54) is 0 Å². The van der Waals surface area contributed by atoms with Crippen LogP contribution in [0.3, 0.4) is 0 Å². The van der Waals surface area contributed by atoms with E-state index in [0.29, 0.717) is 32.7 Å². The minimum absolute atomic E-state index is 0.0977. The van der Waals surface area contributed by atoms with Crippen molar-refractivity contribution in [2.45, 2.75) is 6.42 Å². The van der Waals surface area contributed by atoms with Gasteiger partial charge in [-0.05, 0) is 17.7 Å². The Hall–Kier alpha value is -2.08. The molecule has 0 atom stereocenters. The van der Waals surface area contributed by atoms with E-state index in [1.54, 1.807) is 0 Å². The van der Waals surface area contributed by atoms with E-state index in [1.807, 2.05) is 23.1 Å². The average molecular weight is 261 g/mol. The van der Waals surface area contributed by atoms with Crippen LogP contribution in [0.2, 0.25) is 0 Å². The van der Waals surface area contributed by atoms with Crippen molar-refractivity contribution in [1.29, 1.82) is 0 Å². The molecule has 0 radical (unpaired) electrons. The molecular weight excluding hydrogens is 246 g/mol.